The summed E-state index contributed by atoms with van der Waals surface area (Å²) in [6.07, 6.45) is 2.55. The van der Waals surface area contributed by atoms with Gasteiger partial charge in [0, 0.05) is 67.8 Å². The van der Waals surface area contributed by atoms with E-state index in [-0.39, 0.29) is 101 Å². The Hall–Kier alpha value is -6.28. The predicted octanol–water partition coefficient (Wildman–Crippen LogP) is 5.21. The molecule has 6 rings (SSSR count). The molecule has 3 aliphatic carbocycles. The molecule has 0 radical (unpaired) electrons. The second-order valence-corrected chi connectivity index (χ2v) is 30.2. The van der Waals surface area contributed by atoms with Crippen LogP contribution in [0.4, 0.5) is 13.2 Å². The van der Waals surface area contributed by atoms with Crippen molar-refractivity contribution < 1.29 is 70.7 Å². The van der Waals surface area contributed by atoms with Crippen LogP contribution in [0.3, 0.4) is 0 Å². The molecule has 6 fully saturated rings. The van der Waals surface area contributed by atoms with Gasteiger partial charge < -0.3 is 60.5 Å². The zero-order chi connectivity index (χ0) is 72.3. The molecule has 0 aromatic rings. The van der Waals surface area contributed by atoms with Crippen molar-refractivity contribution in [1.82, 2.24) is 60.5 Å². The number of carbonyl (C=O) groups is 12. The summed E-state index contributed by atoms with van der Waals surface area (Å²) in [5.41, 5.74) is -1.57. The van der Waals surface area contributed by atoms with Crippen LogP contribution < -0.4 is 21.3 Å². The molecular weight excluding hydrogens is 1280 g/mol. The number of rotatable bonds is 12. The second kappa shape index (κ2) is 34.7. The minimum Gasteiger partial charge on any atom is -0.347 e. The summed E-state index contributed by atoms with van der Waals surface area (Å²) in [5, 5.41) is 10.3. The Kier molecular flexibility index (Phi) is 28.5. The lowest BCUT2D eigenvalue weighted by molar-refractivity contribution is -0.182. The van der Waals surface area contributed by atoms with Crippen LogP contribution in [-0.4, -0.2) is 251 Å². The zero-order valence-corrected chi connectivity index (χ0v) is 60.7. The van der Waals surface area contributed by atoms with Gasteiger partial charge in [-0.3, -0.25) is 57.5 Å². The smallest absolute Gasteiger partial charge is 0.347 e. The minimum atomic E-state index is -4.51. The van der Waals surface area contributed by atoms with Gasteiger partial charge in [0.1, 0.15) is 59.9 Å². The molecular formula is C69H112ClF3N12O12. The van der Waals surface area contributed by atoms with Gasteiger partial charge >= 0.3 is 6.18 Å². The van der Waals surface area contributed by atoms with Gasteiger partial charge in [-0.05, 0) is 114 Å². The van der Waals surface area contributed by atoms with Gasteiger partial charge in [0.25, 0.3) is 0 Å². The average molecular weight is 1390 g/mol. The zero-order valence-electron chi connectivity index (χ0n) is 59.9. The van der Waals surface area contributed by atoms with Gasteiger partial charge in [0.05, 0.1) is 18.9 Å². The Labute approximate surface area is 577 Å². The third-order valence-corrected chi connectivity index (χ3v) is 22.6. The molecule has 0 aromatic carbocycles. The monoisotopic (exact) mass is 1390 g/mol. The summed E-state index contributed by atoms with van der Waals surface area (Å²) >= 11 is 6.39. The first-order valence-corrected chi connectivity index (χ1v) is 36.0. The minimum absolute atomic E-state index is 0.00146. The molecule has 97 heavy (non-hydrogen) atoms. The number of nitrogens with zero attached hydrogens (tertiary/aromatic N) is 8. The molecule has 3 saturated heterocycles. The number of hydrogen-bond donors (Lipinski definition) is 4. The van der Waals surface area contributed by atoms with E-state index in [4.69, 9.17) is 11.6 Å². The van der Waals surface area contributed by atoms with E-state index in [1.165, 1.54) is 95.5 Å². The molecule has 12 amide bonds. The van der Waals surface area contributed by atoms with Crippen molar-refractivity contribution >= 4 is 82.5 Å². The summed E-state index contributed by atoms with van der Waals surface area (Å²) < 4.78 is 41.9. The van der Waals surface area contributed by atoms with Crippen LogP contribution in [0.15, 0.2) is 0 Å². The van der Waals surface area contributed by atoms with Crippen molar-refractivity contribution in [2.24, 2.45) is 35.5 Å². The first-order valence-electron chi connectivity index (χ1n) is 35.6. The van der Waals surface area contributed by atoms with Gasteiger partial charge in [0.2, 0.25) is 70.9 Å². The Morgan fingerprint density at radius 1 is 0.629 bits per heavy atom. The molecule has 24 nitrogen and oxygen atoms in total. The molecule has 28 heteroatoms. The lowest BCUT2D eigenvalue weighted by Gasteiger charge is -2.45. The highest BCUT2D eigenvalue weighted by Crippen LogP contribution is 2.44. The quantitative estimate of drug-likeness (QED) is 0.183. The molecule has 3 unspecified atom stereocenters. The van der Waals surface area contributed by atoms with E-state index in [1.54, 1.807) is 13.8 Å². The van der Waals surface area contributed by atoms with Crippen molar-refractivity contribution in [1.29, 1.82) is 0 Å². The van der Waals surface area contributed by atoms with Crippen LogP contribution in [0.2, 0.25) is 0 Å². The molecule has 3 heterocycles. The Morgan fingerprint density at radius 2 is 1.26 bits per heavy atom. The standard InChI is InChI=1S/C69H112ClF3N12O12/c1-15-41(5)56-66(96)80(11)43(7)61(91)85-34-30-51(85)65(95)82(13)53(37-44-23-18-17-19-24-44)64(94)79(10)39-54(86)74-48(29-27-45-26-28-46(47(70)36-45)69(71,72)73)63(93)84-33-22-25-50(84)59(89)77-68(31-20-21-32-68)67(97)83(14)57(42(6)16-2)60(90)75-49(62(92)78(8)9)38-55(87)81(12)52(35-40(3)4)58(88)76-56/h40-53,56-57H,15-39H2,1-14H3,(H,74,86)(H,75,90)(H,76,88)(H,77,89)/t41-,42-,43-,45?,46?,47?,48-,49-,50-,51-,52-,53-,56-,57-/m0/s1. The van der Waals surface area contributed by atoms with Gasteiger partial charge in [-0.2, -0.15) is 13.2 Å². The van der Waals surface area contributed by atoms with Gasteiger partial charge in [0.15, 0.2) is 0 Å². The number of carbonyl (C=O) groups excluding carboxylic acids is 12. The van der Waals surface area contributed by atoms with Crippen LogP contribution in [0.25, 0.3) is 0 Å². The lowest BCUT2D eigenvalue weighted by Crippen LogP contribution is -2.65. The van der Waals surface area contributed by atoms with Gasteiger partial charge in [-0.15, -0.1) is 11.6 Å². The van der Waals surface area contributed by atoms with E-state index in [0.717, 1.165) is 32.1 Å². The fourth-order valence-electron chi connectivity index (χ4n) is 15.3. The highest BCUT2D eigenvalue weighted by Gasteiger charge is 2.52. The number of alkyl halides is 4. The molecule has 3 saturated carbocycles. The van der Waals surface area contributed by atoms with E-state index in [0.29, 0.717) is 32.1 Å². The van der Waals surface area contributed by atoms with E-state index >= 15 is 9.59 Å². The molecule has 0 bridgehead atoms. The normalized spacial score (nSPS) is 30.8. The fourth-order valence-corrected chi connectivity index (χ4v) is 15.8. The van der Waals surface area contributed by atoms with Crippen LogP contribution >= 0.6 is 11.6 Å². The van der Waals surface area contributed by atoms with Crippen molar-refractivity contribution in [3.8, 4) is 0 Å². The first-order chi connectivity index (χ1) is 45.5. The molecule has 3 aliphatic heterocycles. The summed E-state index contributed by atoms with van der Waals surface area (Å²) in [6, 6.07) is -10.9. The molecule has 548 valence electrons. The number of hydrogen-bond acceptors (Lipinski definition) is 12. The number of amides is 12. The van der Waals surface area contributed by atoms with E-state index < -0.39 is 173 Å². The predicted molar refractivity (Wildman–Crippen MR) is 358 cm³/mol. The summed E-state index contributed by atoms with van der Waals surface area (Å²) in [5.74, 6) is -11.1. The summed E-state index contributed by atoms with van der Waals surface area (Å²) in [4.78, 5) is 188. The van der Waals surface area contributed by atoms with Crippen molar-refractivity contribution in [2.45, 2.75) is 261 Å². The first kappa shape index (κ1) is 79.7. The van der Waals surface area contributed by atoms with Gasteiger partial charge in [-0.1, -0.05) is 99.3 Å². The fraction of sp³-hybridized carbons (Fsp3) is 0.826. The van der Waals surface area contributed by atoms with Crippen LogP contribution in [-0.2, 0) is 57.5 Å². The summed E-state index contributed by atoms with van der Waals surface area (Å²) in [6.45, 7) is 12.0. The number of fused-ring (bicyclic) bond motifs is 2. The Bertz CT molecular complexity index is 2840. The molecule has 4 N–H and O–H groups in total. The number of halogens is 4. The van der Waals surface area contributed by atoms with E-state index in [1.807, 2.05) is 27.7 Å². The third-order valence-electron chi connectivity index (χ3n) is 22.1. The van der Waals surface area contributed by atoms with Crippen LogP contribution in [0, 0.1) is 35.5 Å². The van der Waals surface area contributed by atoms with Crippen LogP contribution in [0.5, 0.6) is 0 Å². The molecule has 14 atom stereocenters. The van der Waals surface area contributed by atoms with Crippen molar-refractivity contribution in [3.05, 3.63) is 0 Å². The van der Waals surface area contributed by atoms with Crippen LogP contribution in [0.1, 0.15) is 190 Å². The number of likely N-dealkylation sites (N-methyl/N-ethyl adjacent to an activating group) is 6. The second-order valence-electron chi connectivity index (χ2n) is 29.6. The van der Waals surface area contributed by atoms with E-state index in [9.17, 15) is 61.1 Å². The highest BCUT2D eigenvalue weighted by atomic mass is 35.5. The molecule has 1 spiro atoms. The Balaban J connectivity index is 1.41. The maximum Gasteiger partial charge on any atom is 0.393 e. The maximum absolute atomic E-state index is 15.3. The Morgan fingerprint density at radius 3 is 1.82 bits per heavy atom. The highest BCUT2D eigenvalue weighted by molar-refractivity contribution is 6.21. The lowest BCUT2D eigenvalue weighted by atomic mass is 9.78. The van der Waals surface area contributed by atoms with Crippen molar-refractivity contribution in [3.63, 3.8) is 0 Å². The molecule has 6 aliphatic rings. The average Bonchev–Trinajstić information content (AvgIpc) is 1.76. The van der Waals surface area contributed by atoms with E-state index in [2.05, 4.69) is 21.3 Å². The van der Waals surface area contributed by atoms with Crippen molar-refractivity contribution in [2.75, 3.05) is 69.0 Å². The SMILES string of the molecule is CC[C@H](C)[C@@H]1NC(=O)[C@H](CC(C)C)N(C)C(=O)C[C@@H](C(=O)N(C)C)NC(=O)[C@H]([C@@H](C)CC)N(C)C(=O)C2(CCCC2)NC(=O)[C@@H]2CCCN2C(=O)[C@H](CCC2CCC(C(F)(F)F)C(Cl)C2)NC(=O)CN(C)C(=O)[C@H](CC2CCCCC2)N(C)C(=O)[C@@H]2CCN2C(=O)[C@H](C)N(C)C1=O. The molecule has 0 aromatic heterocycles. The largest absolute Gasteiger partial charge is 0.393 e. The third kappa shape index (κ3) is 19.4. The van der Waals surface area contributed by atoms with Gasteiger partial charge in [-0.25, -0.2) is 0 Å². The summed E-state index contributed by atoms with van der Waals surface area (Å²) in [7, 11) is 10.1. The number of nitrogens with one attached hydrogen (secondary N) is 4. The maximum atomic E-state index is 15.3. The topological polar surface area (TPSA) is 279 Å².